The van der Waals surface area contributed by atoms with Crippen LogP contribution in [0.3, 0.4) is 0 Å². The Labute approximate surface area is 89.5 Å². The van der Waals surface area contributed by atoms with Crippen molar-refractivity contribution in [2.45, 2.75) is 65.2 Å². The van der Waals surface area contributed by atoms with Crippen LogP contribution in [0.25, 0.3) is 0 Å². The highest BCUT2D eigenvalue weighted by molar-refractivity contribution is 4.84. The van der Waals surface area contributed by atoms with Crippen molar-refractivity contribution in [3.8, 4) is 0 Å². The molecule has 0 radical (unpaired) electrons. The van der Waals surface area contributed by atoms with Crippen LogP contribution in [0.5, 0.6) is 0 Å². The lowest BCUT2D eigenvalue weighted by Crippen LogP contribution is -2.23. The number of rotatable bonds is 1. The van der Waals surface area contributed by atoms with Gasteiger partial charge >= 0.3 is 0 Å². The Morgan fingerprint density at radius 1 is 1.00 bits per heavy atom. The normalized spacial score (nSPS) is 44.1. The van der Waals surface area contributed by atoms with E-state index in [9.17, 15) is 0 Å². The summed E-state index contributed by atoms with van der Waals surface area (Å²) in [7, 11) is 0. The van der Waals surface area contributed by atoms with Crippen molar-refractivity contribution >= 4 is 0 Å². The molecule has 0 spiro atoms. The van der Waals surface area contributed by atoms with E-state index in [-0.39, 0.29) is 0 Å². The zero-order valence-electron chi connectivity index (χ0n) is 9.97. The van der Waals surface area contributed by atoms with Gasteiger partial charge in [0, 0.05) is 0 Å². The Morgan fingerprint density at radius 2 is 1.79 bits per heavy atom. The molecular weight excluding hydrogens is 168 g/mol. The molecule has 0 bridgehead atoms. The van der Waals surface area contributed by atoms with E-state index in [1.165, 1.54) is 32.1 Å². The minimum Gasteiger partial charge on any atom is -0.0651 e. The third-order valence-electron chi connectivity index (χ3n) is 4.93. The molecule has 2 aliphatic rings. The molecule has 4 atom stereocenters. The predicted molar refractivity (Wildman–Crippen MR) is 62.2 cm³/mol. The van der Waals surface area contributed by atoms with Gasteiger partial charge in [0.15, 0.2) is 0 Å². The maximum atomic E-state index is 2.52. The Morgan fingerprint density at radius 3 is 2.57 bits per heavy atom. The molecule has 2 saturated carbocycles. The van der Waals surface area contributed by atoms with Crippen molar-refractivity contribution in [1.82, 2.24) is 0 Å². The van der Waals surface area contributed by atoms with E-state index in [0.29, 0.717) is 0 Å². The highest BCUT2D eigenvalue weighted by atomic mass is 14.4. The molecule has 2 fully saturated rings. The molecule has 0 heteroatoms. The van der Waals surface area contributed by atoms with Crippen LogP contribution >= 0.6 is 0 Å². The van der Waals surface area contributed by atoms with Gasteiger partial charge in [-0.15, -0.1) is 0 Å². The number of fused-ring (bicyclic) bond motifs is 1. The lowest BCUT2D eigenvalue weighted by molar-refractivity contribution is 0.171. The van der Waals surface area contributed by atoms with E-state index in [0.717, 1.165) is 23.7 Å². The van der Waals surface area contributed by atoms with Crippen molar-refractivity contribution in [2.24, 2.45) is 23.7 Å². The summed E-state index contributed by atoms with van der Waals surface area (Å²) < 4.78 is 0. The molecule has 14 heavy (non-hydrogen) atoms. The molecule has 0 aromatic rings. The molecule has 82 valence electrons. The first-order chi connectivity index (χ1) is 6.81. The highest BCUT2D eigenvalue weighted by Gasteiger charge is 2.33. The van der Waals surface area contributed by atoms with E-state index in [2.05, 4.69) is 13.8 Å². The Hall–Kier alpha value is 0. The molecule has 0 N–H and O–H groups in total. The fourth-order valence-corrected chi connectivity index (χ4v) is 3.98. The van der Waals surface area contributed by atoms with Crippen LogP contribution in [-0.4, -0.2) is 0 Å². The summed E-state index contributed by atoms with van der Waals surface area (Å²) >= 11 is 0. The van der Waals surface area contributed by atoms with Crippen LogP contribution < -0.4 is 0 Å². The topological polar surface area (TPSA) is 0 Å². The molecule has 0 heterocycles. The van der Waals surface area contributed by atoms with Gasteiger partial charge < -0.3 is 0 Å². The van der Waals surface area contributed by atoms with Gasteiger partial charge in [-0.3, -0.25) is 0 Å². The second-order valence-electron chi connectivity index (χ2n) is 5.77. The van der Waals surface area contributed by atoms with Crippen molar-refractivity contribution < 1.29 is 0 Å². The molecule has 0 saturated heterocycles. The predicted octanol–water partition coefficient (Wildman–Crippen LogP) is 4.64. The summed E-state index contributed by atoms with van der Waals surface area (Å²) in [5.41, 5.74) is 0. The van der Waals surface area contributed by atoms with Crippen LogP contribution in [0.4, 0.5) is 0 Å². The Balaban J connectivity index is 2.01. The fraction of sp³-hybridized carbons (Fsp3) is 1.00. The molecule has 0 aromatic carbocycles. The van der Waals surface area contributed by atoms with E-state index >= 15 is 0 Å². The lowest BCUT2D eigenvalue weighted by Gasteiger charge is -2.33. The Kier molecular flexibility index (Phi) is 3.52. The summed E-state index contributed by atoms with van der Waals surface area (Å²) in [6.07, 6.45) is 12.2. The average Bonchev–Trinajstić information content (AvgIpc) is 2.39. The van der Waals surface area contributed by atoms with Crippen LogP contribution in [0.1, 0.15) is 65.2 Å². The standard InChI is InChI=1S/C14H26/c1-3-12-8-9-13-6-4-5-7-14(13)11(2)10-12/h11-14H,3-10H2,1-2H3. The second-order valence-corrected chi connectivity index (χ2v) is 5.77. The number of hydrogen-bond acceptors (Lipinski definition) is 0. The van der Waals surface area contributed by atoms with Gasteiger partial charge in [-0.25, -0.2) is 0 Å². The molecular formula is C14H26. The minimum atomic E-state index is 1.02. The SMILES string of the molecule is CCC1CCC2CCCCC2C(C)C1. The fourth-order valence-electron chi connectivity index (χ4n) is 3.98. The lowest BCUT2D eigenvalue weighted by atomic mass is 9.72. The molecule has 0 aromatic heterocycles. The van der Waals surface area contributed by atoms with Crippen LogP contribution in [0, 0.1) is 23.7 Å². The van der Waals surface area contributed by atoms with Gasteiger partial charge in [-0.05, 0) is 42.9 Å². The van der Waals surface area contributed by atoms with Gasteiger partial charge in [0.2, 0.25) is 0 Å². The number of hydrogen-bond donors (Lipinski definition) is 0. The molecule has 2 rings (SSSR count). The summed E-state index contributed by atoms with van der Waals surface area (Å²) in [6.45, 7) is 4.91. The van der Waals surface area contributed by atoms with Crippen LogP contribution in [-0.2, 0) is 0 Å². The second kappa shape index (κ2) is 4.68. The summed E-state index contributed by atoms with van der Waals surface area (Å²) in [5, 5.41) is 0. The first-order valence-corrected chi connectivity index (χ1v) is 6.81. The third-order valence-corrected chi connectivity index (χ3v) is 4.93. The molecule has 0 nitrogen and oxygen atoms in total. The van der Waals surface area contributed by atoms with E-state index in [1.54, 1.807) is 19.3 Å². The maximum Gasteiger partial charge on any atom is -0.0360 e. The minimum absolute atomic E-state index is 1.02. The van der Waals surface area contributed by atoms with Crippen LogP contribution in [0.2, 0.25) is 0 Å². The van der Waals surface area contributed by atoms with Crippen molar-refractivity contribution in [3.05, 3.63) is 0 Å². The maximum absolute atomic E-state index is 2.52. The summed E-state index contributed by atoms with van der Waals surface area (Å²) in [5.74, 6) is 4.28. The first-order valence-electron chi connectivity index (χ1n) is 6.81. The van der Waals surface area contributed by atoms with E-state index < -0.39 is 0 Å². The van der Waals surface area contributed by atoms with E-state index in [4.69, 9.17) is 0 Å². The highest BCUT2D eigenvalue weighted by Crippen LogP contribution is 2.44. The zero-order chi connectivity index (χ0) is 9.97. The van der Waals surface area contributed by atoms with Gasteiger partial charge in [0.25, 0.3) is 0 Å². The Bertz CT molecular complexity index is 173. The molecule has 2 aliphatic carbocycles. The largest absolute Gasteiger partial charge is 0.0651 e. The first kappa shape index (κ1) is 10.5. The molecule has 4 unspecified atom stereocenters. The van der Waals surface area contributed by atoms with Crippen molar-refractivity contribution in [3.63, 3.8) is 0 Å². The third kappa shape index (κ3) is 2.15. The van der Waals surface area contributed by atoms with Gasteiger partial charge in [-0.2, -0.15) is 0 Å². The average molecular weight is 194 g/mol. The van der Waals surface area contributed by atoms with Crippen LogP contribution in [0.15, 0.2) is 0 Å². The molecule has 0 amide bonds. The quantitative estimate of drug-likeness (QED) is 0.570. The van der Waals surface area contributed by atoms with Gasteiger partial charge in [-0.1, -0.05) is 46.0 Å². The zero-order valence-corrected chi connectivity index (χ0v) is 9.97. The van der Waals surface area contributed by atoms with Crippen molar-refractivity contribution in [2.75, 3.05) is 0 Å². The van der Waals surface area contributed by atoms with Crippen molar-refractivity contribution in [1.29, 1.82) is 0 Å². The summed E-state index contributed by atoms with van der Waals surface area (Å²) in [6, 6.07) is 0. The van der Waals surface area contributed by atoms with Gasteiger partial charge in [0.1, 0.15) is 0 Å². The van der Waals surface area contributed by atoms with E-state index in [1.807, 2.05) is 0 Å². The monoisotopic (exact) mass is 194 g/mol. The smallest absolute Gasteiger partial charge is 0.0360 e. The molecule has 0 aliphatic heterocycles. The van der Waals surface area contributed by atoms with Gasteiger partial charge in [0.05, 0.1) is 0 Å². The summed E-state index contributed by atoms with van der Waals surface area (Å²) in [4.78, 5) is 0.